The molecule has 0 saturated carbocycles. The number of Topliss-reactive ketones (excluding diaryl/α,β-unsaturated/α-hetero) is 1. The lowest BCUT2D eigenvalue weighted by molar-refractivity contribution is -0.144. The zero-order chi connectivity index (χ0) is 13.8. The molecule has 3 nitrogen and oxygen atoms in total. The minimum atomic E-state index is -0.201. The maximum absolute atomic E-state index is 12.4. The van der Waals surface area contributed by atoms with Crippen LogP contribution < -0.4 is 0 Å². The van der Waals surface area contributed by atoms with Crippen molar-refractivity contribution in [3.05, 3.63) is 23.3 Å². The number of ketones is 1. The zero-order valence-electron chi connectivity index (χ0n) is 11.8. The number of hydrogen-bond donors (Lipinski definition) is 0. The number of allylic oxidation sites excluding steroid dienone is 3. The number of methoxy groups -OCH3 is 1. The van der Waals surface area contributed by atoms with Crippen LogP contribution >= 0.6 is 0 Å². The summed E-state index contributed by atoms with van der Waals surface area (Å²) in [6.45, 7) is 2.12. The minimum Gasteiger partial charge on any atom is -0.469 e. The van der Waals surface area contributed by atoms with Crippen molar-refractivity contribution in [2.24, 2.45) is 11.8 Å². The second-order valence-electron chi connectivity index (χ2n) is 5.42. The van der Waals surface area contributed by atoms with Crippen LogP contribution in [0.5, 0.6) is 0 Å². The molecule has 3 heteroatoms. The Hall–Kier alpha value is -1.38. The summed E-state index contributed by atoms with van der Waals surface area (Å²) < 4.78 is 4.79. The van der Waals surface area contributed by atoms with E-state index in [9.17, 15) is 9.59 Å². The third-order valence-electron chi connectivity index (χ3n) is 4.19. The molecule has 2 unspecified atom stereocenters. The van der Waals surface area contributed by atoms with Crippen molar-refractivity contribution in [1.82, 2.24) is 0 Å². The molecule has 0 aromatic heterocycles. The Labute approximate surface area is 114 Å². The van der Waals surface area contributed by atoms with E-state index in [4.69, 9.17) is 4.74 Å². The van der Waals surface area contributed by atoms with Crippen LogP contribution in [0.1, 0.15) is 45.4 Å². The second-order valence-corrected chi connectivity index (χ2v) is 5.42. The molecule has 0 spiro atoms. The van der Waals surface area contributed by atoms with Gasteiger partial charge in [0.05, 0.1) is 13.0 Å². The molecule has 0 bridgehead atoms. The van der Waals surface area contributed by atoms with Gasteiger partial charge in [-0.2, -0.15) is 0 Å². The van der Waals surface area contributed by atoms with Gasteiger partial charge in [0.1, 0.15) is 0 Å². The molecule has 0 aromatic rings. The number of carbonyl (C=O) groups excluding carboxylic acids is 2. The molecule has 0 amide bonds. The van der Waals surface area contributed by atoms with Crippen LogP contribution in [-0.2, 0) is 14.3 Å². The van der Waals surface area contributed by atoms with E-state index in [1.54, 1.807) is 0 Å². The van der Waals surface area contributed by atoms with Crippen molar-refractivity contribution in [3.8, 4) is 0 Å². The smallest absolute Gasteiger partial charge is 0.312 e. The first-order valence-electron chi connectivity index (χ1n) is 7.19. The van der Waals surface area contributed by atoms with Gasteiger partial charge in [-0.1, -0.05) is 25.5 Å². The predicted molar refractivity (Wildman–Crippen MR) is 73.5 cm³/mol. The van der Waals surface area contributed by atoms with Crippen LogP contribution in [0.15, 0.2) is 23.3 Å². The highest BCUT2D eigenvalue weighted by Crippen LogP contribution is 2.35. The highest BCUT2D eigenvalue weighted by Gasteiger charge is 2.30. The maximum atomic E-state index is 12.4. The number of hydrogen-bond acceptors (Lipinski definition) is 3. The number of carbonyl (C=O) groups is 2. The summed E-state index contributed by atoms with van der Waals surface area (Å²) in [5, 5.41) is 0. The summed E-state index contributed by atoms with van der Waals surface area (Å²) in [5.74, 6) is 0.117. The van der Waals surface area contributed by atoms with Crippen LogP contribution in [-0.4, -0.2) is 18.9 Å². The molecular formula is C16H22O3. The van der Waals surface area contributed by atoms with Crippen molar-refractivity contribution in [2.45, 2.75) is 45.4 Å². The van der Waals surface area contributed by atoms with Crippen LogP contribution in [0.3, 0.4) is 0 Å². The van der Waals surface area contributed by atoms with E-state index >= 15 is 0 Å². The summed E-state index contributed by atoms with van der Waals surface area (Å²) in [7, 11) is 1.41. The Morgan fingerprint density at radius 3 is 2.84 bits per heavy atom. The topological polar surface area (TPSA) is 43.4 Å². The van der Waals surface area contributed by atoms with E-state index in [-0.39, 0.29) is 17.8 Å². The Kier molecular flexibility index (Phi) is 4.56. The Bertz CT molecular complexity index is 431. The molecular weight excluding hydrogens is 240 g/mol. The van der Waals surface area contributed by atoms with Gasteiger partial charge in [-0.15, -0.1) is 0 Å². The van der Waals surface area contributed by atoms with E-state index in [2.05, 4.69) is 6.92 Å². The fraction of sp³-hybridized carbons (Fsp3) is 0.625. The zero-order valence-corrected chi connectivity index (χ0v) is 11.8. The number of esters is 1. The first-order valence-corrected chi connectivity index (χ1v) is 7.19. The maximum Gasteiger partial charge on any atom is 0.312 e. The fourth-order valence-corrected chi connectivity index (χ4v) is 3.08. The van der Waals surface area contributed by atoms with Gasteiger partial charge in [0, 0.05) is 5.92 Å². The predicted octanol–water partition coefficient (Wildman–Crippen LogP) is 3.20. The molecule has 2 aliphatic rings. The normalized spacial score (nSPS) is 26.9. The van der Waals surface area contributed by atoms with E-state index < -0.39 is 0 Å². The summed E-state index contributed by atoms with van der Waals surface area (Å²) in [4.78, 5) is 24.0. The van der Waals surface area contributed by atoms with E-state index in [1.807, 2.05) is 12.2 Å². The average molecular weight is 262 g/mol. The molecule has 0 aliphatic heterocycles. The number of rotatable bonds is 3. The molecule has 19 heavy (non-hydrogen) atoms. The van der Waals surface area contributed by atoms with Crippen molar-refractivity contribution in [3.63, 3.8) is 0 Å². The van der Waals surface area contributed by atoms with Crippen molar-refractivity contribution in [2.75, 3.05) is 7.11 Å². The van der Waals surface area contributed by atoms with Crippen LogP contribution in [0, 0.1) is 11.8 Å². The molecule has 0 heterocycles. The Balaban J connectivity index is 2.13. The van der Waals surface area contributed by atoms with Gasteiger partial charge in [0.25, 0.3) is 0 Å². The molecule has 0 aromatic carbocycles. The van der Waals surface area contributed by atoms with Crippen LogP contribution in [0.2, 0.25) is 0 Å². The number of ether oxygens (including phenoxy) is 1. The van der Waals surface area contributed by atoms with Crippen molar-refractivity contribution < 1.29 is 14.3 Å². The lowest BCUT2D eigenvalue weighted by Gasteiger charge is -2.24. The first-order chi connectivity index (χ1) is 9.17. The molecule has 0 N–H and O–H groups in total. The highest BCUT2D eigenvalue weighted by atomic mass is 16.5. The van der Waals surface area contributed by atoms with Crippen molar-refractivity contribution in [1.29, 1.82) is 0 Å². The van der Waals surface area contributed by atoms with Crippen molar-refractivity contribution >= 4 is 11.8 Å². The summed E-state index contributed by atoms with van der Waals surface area (Å²) in [6.07, 6.45) is 9.24. The van der Waals surface area contributed by atoms with Crippen LogP contribution in [0.25, 0.3) is 0 Å². The van der Waals surface area contributed by atoms with Gasteiger partial charge in [0.15, 0.2) is 5.78 Å². The fourth-order valence-electron chi connectivity index (χ4n) is 3.08. The molecule has 2 atom stereocenters. The van der Waals surface area contributed by atoms with Gasteiger partial charge >= 0.3 is 5.97 Å². The third kappa shape index (κ3) is 2.96. The van der Waals surface area contributed by atoms with Crippen LogP contribution in [0.4, 0.5) is 0 Å². The second kappa shape index (κ2) is 6.18. The lowest BCUT2D eigenvalue weighted by atomic mass is 9.79. The van der Waals surface area contributed by atoms with E-state index in [0.29, 0.717) is 18.6 Å². The summed E-state index contributed by atoms with van der Waals surface area (Å²) in [5.41, 5.74) is 2.11. The highest BCUT2D eigenvalue weighted by molar-refractivity contribution is 5.99. The Morgan fingerprint density at radius 1 is 1.37 bits per heavy atom. The van der Waals surface area contributed by atoms with E-state index in [1.165, 1.54) is 7.11 Å². The average Bonchev–Trinajstić information content (AvgIpc) is 2.64. The lowest BCUT2D eigenvalue weighted by Crippen LogP contribution is -2.22. The quantitative estimate of drug-likeness (QED) is 0.734. The molecule has 104 valence electrons. The van der Waals surface area contributed by atoms with Gasteiger partial charge in [-0.05, 0) is 43.3 Å². The first kappa shape index (κ1) is 14.0. The summed E-state index contributed by atoms with van der Waals surface area (Å²) >= 11 is 0. The van der Waals surface area contributed by atoms with Gasteiger partial charge < -0.3 is 4.74 Å². The summed E-state index contributed by atoms with van der Waals surface area (Å²) in [6, 6.07) is 0. The molecule has 0 fully saturated rings. The monoisotopic (exact) mass is 262 g/mol. The molecule has 2 rings (SSSR count). The molecule has 0 saturated heterocycles. The van der Waals surface area contributed by atoms with Gasteiger partial charge in [-0.3, -0.25) is 9.59 Å². The standard InChI is InChI=1S/C16H22O3/c1-3-4-12-7-5-11-6-8-13(16(18)19-2)9-10-14(11)15(12)17/h6,8,12-13H,3-5,7,9-10H2,1-2H3. The Morgan fingerprint density at radius 2 is 2.16 bits per heavy atom. The van der Waals surface area contributed by atoms with E-state index in [0.717, 1.165) is 36.8 Å². The third-order valence-corrected chi connectivity index (χ3v) is 4.19. The largest absolute Gasteiger partial charge is 0.469 e. The van der Waals surface area contributed by atoms with Gasteiger partial charge in [-0.25, -0.2) is 0 Å². The minimum absolute atomic E-state index is 0.200. The van der Waals surface area contributed by atoms with Gasteiger partial charge in [0.2, 0.25) is 0 Å². The SMILES string of the molecule is CCCC1CCC2=C(CCC(C(=O)OC)C=C2)C1=O. The molecule has 0 radical (unpaired) electrons. The molecule has 2 aliphatic carbocycles.